The van der Waals surface area contributed by atoms with Gasteiger partial charge in [0.25, 0.3) is 0 Å². The zero-order valence-corrected chi connectivity index (χ0v) is 11.2. The maximum Gasteiger partial charge on any atom is 0.398 e. The first-order valence-electron chi connectivity index (χ1n) is 4.31. The molecule has 1 fully saturated rings. The summed E-state index contributed by atoms with van der Waals surface area (Å²) in [5, 5.41) is 0. The quantitative estimate of drug-likeness (QED) is 0.392. The minimum atomic E-state index is -1.04. The van der Waals surface area contributed by atoms with Gasteiger partial charge in [-0.15, -0.1) is 6.42 Å². The Hall–Kier alpha value is -0.476. The van der Waals surface area contributed by atoms with Crippen LogP contribution in [0, 0.1) is 12.7 Å². The van der Waals surface area contributed by atoms with E-state index in [2.05, 4.69) is 6.08 Å². The molecule has 1 atom stereocenters. The molecule has 5 heteroatoms. The van der Waals surface area contributed by atoms with Gasteiger partial charge in [0.1, 0.15) is 5.72 Å². The summed E-state index contributed by atoms with van der Waals surface area (Å²) in [7, 11) is 0. The molecule has 77 valence electrons. The summed E-state index contributed by atoms with van der Waals surface area (Å²) < 4.78 is 5.00. The molecule has 1 unspecified atom stereocenters. The van der Waals surface area contributed by atoms with E-state index in [9.17, 15) is 9.59 Å². The molecule has 0 aliphatic carbocycles. The Morgan fingerprint density at radius 1 is 1.60 bits per heavy atom. The van der Waals surface area contributed by atoms with Gasteiger partial charge in [-0.3, -0.25) is 4.79 Å². The van der Waals surface area contributed by atoms with Gasteiger partial charge < -0.3 is 33.9 Å². The van der Waals surface area contributed by atoms with Crippen LogP contribution >= 0.6 is 0 Å². The van der Waals surface area contributed by atoms with Gasteiger partial charge >= 0.3 is 11.9 Å². The van der Waals surface area contributed by atoms with Crippen LogP contribution in [0.15, 0.2) is 11.6 Å². The van der Waals surface area contributed by atoms with Crippen LogP contribution in [0.3, 0.4) is 0 Å². The minimum absolute atomic E-state index is 0. The largest absolute Gasteiger partial charge is 0.447 e. The van der Waals surface area contributed by atoms with Crippen LogP contribution in [-0.2, 0) is 47.0 Å². The monoisotopic (exact) mass is 280 g/mol. The van der Waals surface area contributed by atoms with Crippen molar-refractivity contribution < 1.29 is 47.0 Å². The number of esters is 1. The molecule has 0 bridgehead atoms. The Labute approximate surface area is 113 Å². The van der Waals surface area contributed by atoms with E-state index in [1.807, 2.05) is 0 Å². The van der Waals surface area contributed by atoms with Crippen molar-refractivity contribution in [2.24, 2.45) is 0 Å². The van der Waals surface area contributed by atoms with Gasteiger partial charge in [0.2, 0.25) is 0 Å². The molecule has 0 aromatic heterocycles. The summed E-state index contributed by atoms with van der Waals surface area (Å²) in [5.41, 5.74) is -0.496. The summed E-state index contributed by atoms with van der Waals surface area (Å²) in [5.74, 6) is -1.43. The molecule has 1 radical (unpaired) electrons. The molecular formula is C10H9NO3Y-2. The maximum atomic E-state index is 11.4. The van der Waals surface area contributed by atoms with Crippen molar-refractivity contribution in [3.8, 4) is 0 Å². The summed E-state index contributed by atoms with van der Waals surface area (Å²) in [6.45, 7) is 7.46. The Balaban J connectivity index is 0.00000112. The summed E-state index contributed by atoms with van der Waals surface area (Å²) >= 11 is 0. The van der Waals surface area contributed by atoms with E-state index in [-0.39, 0.29) is 32.7 Å². The smallest absolute Gasteiger partial charge is 0.398 e. The summed E-state index contributed by atoms with van der Waals surface area (Å²) in [4.78, 5) is 23.8. The average Bonchev–Trinajstić information content (AvgIpc) is 2.38. The Bertz CT molecular complexity index is 364. The van der Waals surface area contributed by atoms with Crippen molar-refractivity contribution in [2.45, 2.75) is 19.1 Å². The molecule has 2 rings (SSSR count). The first-order chi connectivity index (χ1) is 6.59. The summed E-state index contributed by atoms with van der Waals surface area (Å²) in [6.07, 6.45) is 4.87. The second kappa shape index (κ2) is 4.18. The summed E-state index contributed by atoms with van der Waals surface area (Å²) in [6, 6.07) is 0. The number of fused-ring (bicyclic) bond motifs is 1. The number of hydrogen-bond acceptors (Lipinski definition) is 3. The number of nitrogens with zero attached hydrogens (tertiary/aromatic N) is 1. The third-order valence-electron chi connectivity index (χ3n) is 2.54. The normalized spacial score (nSPS) is 28.9. The number of amides is 1. The van der Waals surface area contributed by atoms with Gasteiger partial charge in [0.05, 0.1) is 0 Å². The molecule has 2 heterocycles. The Morgan fingerprint density at radius 2 is 2.27 bits per heavy atom. The van der Waals surface area contributed by atoms with Gasteiger partial charge in [-0.25, -0.2) is 4.79 Å². The van der Waals surface area contributed by atoms with Gasteiger partial charge in [0, 0.05) is 39.3 Å². The van der Waals surface area contributed by atoms with E-state index in [4.69, 9.17) is 11.3 Å². The number of carbonyl (C=O) groups is 2. The molecule has 0 N–H and O–H groups in total. The van der Waals surface area contributed by atoms with E-state index in [1.54, 1.807) is 6.92 Å². The van der Waals surface area contributed by atoms with Crippen molar-refractivity contribution in [3.63, 3.8) is 0 Å². The average molecular weight is 280 g/mol. The van der Waals surface area contributed by atoms with Crippen LogP contribution in [0.25, 0.3) is 0 Å². The van der Waals surface area contributed by atoms with Crippen molar-refractivity contribution >= 4 is 11.9 Å². The molecule has 2 aliphatic rings. The predicted molar refractivity (Wildman–Crippen MR) is 46.5 cm³/mol. The molecule has 1 amide bonds. The first-order valence-corrected chi connectivity index (χ1v) is 4.31. The van der Waals surface area contributed by atoms with Gasteiger partial charge in [-0.05, 0) is 6.92 Å². The molecule has 0 aromatic carbocycles. The number of hydrogen-bond donors (Lipinski definition) is 0. The fraction of sp³-hybridized carbons (Fsp3) is 0.400. The third kappa shape index (κ3) is 1.70. The zero-order valence-electron chi connectivity index (χ0n) is 8.32. The van der Waals surface area contributed by atoms with E-state index < -0.39 is 17.6 Å². The standard InChI is InChI=1S/C10H9NO3.Y/c1-3-7-5-4-6-11-8(12)9(13)14-10(7,11)2;/h1,3H,4,6H2,2H3;/q-2;. The zero-order chi connectivity index (χ0) is 10.3. The van der Waals surface area contributed by atoms with Crippen molar-refractivity contribution in [2.75, 3.05) is 6.54 Å². The van der Waals surface area contributed by atoms with Crippen LogP contribution in [0.4, 0.5) is 0 Å². The van der Waals surface area contributed by atoms with Gasteiger partial charge in [-0.2, -0.15) is 0 Å². The molecule has 2 aliphatic heterocycles. The van der Waals surface area contributed by atoms with Crippen LogP contribution in [0.5, 0.6) is 0 Å². The topological polar surface area (TPSA) is 46.6 Å². The maximum absolute atomic E-state index is 11.4. The van der Waals surface area contributed by atoms with E-state index in [0.29, 0.717) is 18.5 Å². The third-order valence-corrected chi connectivity index (χ3v) is 2.54. The molecule has 15 heavy (non-hydrogen) atoms. The van der Waals surface area contributed by atoms with E-state index in [1.165, 1.54) is 11.0 Å². The molecule has 4 nitrogen and oxygen atoms in total. The fourth-order valence-electron chi connectivity index (χ4n) is 1.78. The van der Waals surface area contributed by atoms with E-state index >= 15 is 0 Å². The fourth-order valence-corrected chi connectivity index (χ4v) is 1.78. The van der Waals surface area contributed by atoms with Crippen LogP contribution in [-0.4, -0.2) is 29.0 Å². The predicted octanol–water partition coefficient (Wildman–Crippen LogP) is 0.208. The van der Waals surface area contributed by atoms with Crippen molar-refractivity contribution in [1.29, 1.82) is 0 Å². The SMILES string of the molecule is [CH-]=CC1=[C-]CCN2C(=O)C(=O)OC12C.[Y]. The molecule has 0 aromatic rings. The van der Waals surface area contributed by atoms with Crippen LogP contribution in [0.2, 0.25) is 0 Å². The molecule has 0 spiro atoms. The van der Waals surface area contributed by atoms with Crippen LogP contribution in [0.1, 0.15) is 13.3 Å². The Morgan fingerprint density at radius 3 is 2.87 bits per heavy atom. The van der Waals surface area contributed by atoms with Gasteiger partial charge in [-0.1, -0.05) is 0 Å². The first kappa shape index (κ1) is 12.6. The molecular weight excluding hydrogens is 271 g/mol. The Kier molecular flexibility index (Phi) is 3.51. The van der Waals surface area contributed by atoms with Crippen molar-refractivity contribution in [3.05, 3.63) is 24.3 Å². The number of carbonyl (C=O) groups excluding carboxylic acids is 2. The second-order valence-electron chi connectivity index (χ2n) is 3.34. The van der Waals surface area contributed by atoms with Gasteiger partial charge in [0.15, 0.2) is 0 Å². The molecule has 1 saturated heterocycles. The number of ether oxygens (including phenoxy) is 1. The number of rotatable bonds is 1. The minimum Gasteiger partial charge on any atom is -0.447 e. The molecule has 0 saturated carbocycles. The second-order valence-corrected chi connectivity index (χ2v) is 3.34. The van der Waals surface area contributed by atoms with E-state index in [0.717, 1.165) is 0 Å². The van der Waals surface area contributed by atoms with Crippen molar-refractivity contribution in [1.82, 2.24) is 4.90 Å². The van der Waals surface area contributed by atoms with Crippen LogP contribution < -0.4 is 0 Å².